The van der Waals surface area contributed by atoms with Gasteiger partial charge in [-0.25, -0.2) is 0 Å². The van der Waals surface area contributed by atoms with E-state index in [4.69, 9.17) is 9.84 Å². The van der Waals surface area contributed by atoms with Crippen LogP contribution >= 0.6 is 0 Å². The molecule has 0 fully saturated rings. The smallest absolute Gasteiger partial charge is 0.416 e. The van der Waals surface area contributed by atoms with Gasteiger partial charge in [0.25, 0.3) is 0 Å². The third kappa shape index (κ3) is 4.93. The second kappa shape index (κ2) is 6.96. The summed E-state index contributed by atoms with van der Waals surface area (Å²) < 4.78 is 42.9. The molecule has 0 saturated heterocycles. The first-order chi connectivity index (χ1) is 9.36. The van der Waals surface area contributed by atoms with Crippen LogP contribution in [-0.2, 0) is 6.18 Å². The van der Waals surface area contributed by atoms with Gasteiger partial charge in [-0.2, -0.15) is 13.2 Å². The first-order valence-corrected chi connectivity index (χ1v) is 5.82. The molecule has 1 rings (SSSR count). The Morgan fingerprint density at radius 3 is 2.60 bits per heavy atom. The topological polar surface area (TPSA) is 29.5 Å². The van der Waals surface area contributed by atoms with Gasteiger partial charge in [-0.3, -0.25) is 0 Å². The van der Waals surface area contributed by atoms with Crippen molar-refractivity contribution < 1.29 is 23.0 Å². The van der Waals surface area contributed by atoms with Crippen molar-refractivity contribution in [2.75, 3.05) is 6.61 Å². The molecule has 0 aliphatic rings. The van der Waals surface area contributed by atoms with Crippen molar-refractivity contribution in [2.45, 2.75) is 13.1 Å². The van der Waals surface area contributed by atoms with Gasteiger partial charge in [-0.05, 0) is 36.8 Å². The Hall–Kier alpha value is -2.01. The lowest BCUT2D eigenvalue weighted by atomic mass is 10.2. The highest BCUT2D eigenvalue weighted by molar-refractivity contribution is 5.32. The van der Waals surface area contributed by atoms with Crippen molar-refractivity contribution in [3.8, 4) is 5.75 Å². The summed E-state index contributed by atoms with van der Waals surface area (Å²) in [4.78, 5) is 0. The molecule has 1 aromatic carbocycles. The Bertz CT molecular complexity index is 528. The van der Waals surface area contributed by atoms with Gasteiger partial charge < -0.3 is 9.84 Å². The number of aliphatic hydroxyl groups excluding tert-OH is 1. The fourth-order valence-electron chi connectivity index (χ4n) is 1.37. The monoisotopic (exact) mass is 284 g/mol. The summed E-state index contributed by atoms with van der Waals surface area (Å²) in [5.41, 5.74) is -0.183. The fraction of sp³-hybridized carbons (Fsp3) is 0.200. The first kappa shape index (κ1) is 16.0. The normalized spacial score (nSPS) is 13.2. The zero-order valence-corrected chi connectivity index (χ0v) is 10.9. The summed E-state index contributed by atoms with van der Waals surface area (Å²) in [5, 5.41) is 8.92. The third-order valence-electron chi connectivity index (χ3n) is 2.42. The summed E-state index contributed by atoms with van der Waals surface area (Å²) in [6.07, 6.45) is 0.210. The Morgan fingerprint density at radius 1 is 1.35 bits per heavy atom. The van der Waals surface area contributed by atoms with Crippen molar-refractivity contribution in [1.82, 2.24) is 0 Å². The van der Waals surface area contributed by atoms with Gasteiger partial charge >= 0.3 is 6.18 Å². The van der Waals surface area contributed by atoms with Gasteiger partial charge in [0.1, 0.15) is 11.5 Å². The number of alkyl halides is 3. The van der Waals surface area contributed by atoms with Crippen molar-refractivity contribution in [3.05, 3.63) is 66.0 Å². The number of allylic oxidation sites excluding steroid dienone is 3. The van der Waals surface area contributed by atoms with Crippen LogP contribution in [0.2, 0.25) is 0 Å². The summed E-state index contributed by atoms with van der Waals surface area (Å²) in [6, 6.07) is 4.63. The van der Waals surface area contributed by atoms with Crippen molar-refractivity contribution in [1.29, 1.82) is 0 Å². The van der Waals surface area contributed by atoms with E-state index in [0.717, 1.165) is 12.1 Å². The van der Waals surface area contributed by atoms with Crippen LogP contribution in [0.3, 0.4) is 0 Å². The number of halogens is 3. The third-order valence-corrected chi connectivity index (χ3v) is 2.42. The summed E-state index contributed by atoms with van der Waals surface area (Å²) >= 11 is 0. The second-order valence-corrected chi connectivity index (χ2v) is 4.01. The number of hydrogen-bond acceptors (Lipinski definition) is 2. The van der Waals surface area contributed by atoms with Crippen LogP contribution in [-0.4, -0.2) is 11.7 Å². The second-order valence-electron chi connectivity index (χ2n) is 4.01. The van der Waals surface area contributed by atoms with E-state index < -0.39 is 11.7 Å². The van der Waals surface area contributed by atoms with Gasteiger partial charge in [0.15, 0.2) is 0 Å². The van der Waals surface area contributed by atoms with Crippen LogP contribution in [0.25, 0.3) is 0 Å². The van der Waals surface area contributed by atoms with Crippen LogP contribution in [0.4, 0.5) is 13.2 Å². The lowest BCUT2D eigenvalue weighted by molar-refractivity contribution is -0.137. The number of aliphatic hydroxyl groups is 1. The molecule has 0 atom stereocenters. The predicted octanol–water partition coefficient (Wildman–Crippen LogP) is 4.09. The number of rotatable bonds is 5. The molecule has 5 heteroatoms. The molecule has 0 heterocycles. The molecule has 2 nitrogen and oxygen atoms in total. The average molecular weight is 284 g/mol. The Balaban J connectivity index is 2.86. The van der Waals surface area contributed by atoms with Crippen molar-refractivity contribution in [3.63, 3.8) is 0 Å². The highest BCUT2D eigenvalue weighted by Crippen LogP contribution is 2.31. The summed E-state index contributed by atoms with van der Waals surface area (Å²) in [6.45, 7) is 4.95. The average Bonchev–Trinajstić information content (AvgIpc) is 2.39. The predicted molar refractivity (Wildman–Crippen MR) is 71.2 cm³/mol. The van der Waals surface area contributed by atoms with Gasteiger partial charge in [-0.15, -0.1) is 0 Å². The maximum atomic E-state index is 12.5. The Labute approximate surface area is 115 Å². The largest absolute Gasteiger partial charge is 0.462 e. The molecule has 0 bridgehead atoms. The lowest BCUT2D eigenvalue weighted by Crippen LogP contribution is -2.04. The number of ether oxygens (including phenoxy) is 1. The molecule has 0 saturated carbocycles. The molecule has 0 unspecified atom stereocenters. The van der Waals surface area contributed by atoms with Crippen molar-refractivity contribution >= 4 is 0 Å². The molecule has 0 aliphatic heterocycles. The molecule has 20 heavy (non-hydrogen) atoms. The SMILES string of the molecule is C=CC(=CC=C(C)Oc1cccc(C(F)(F)F)c1)CO. The van der Waals surface area contributed by atoms with E-state index in [2.05, 4.69) is 6.58 Å². The van der Waals surface area contributed by atoms with Gasteiger partial charge in [0, 0.05) is 0 Å². The van der Waals surface area contributed by atoms with Gasteiger partial charge in [-0.1, -0.05) is 24.8 Å². The van der Waals surface area contributed by atoms with Gasteiger partial charge in [0.05, 0.1) is 12.2 Å². The molecule has 0 spiro atoms. The molecule has 1 aromatic rings. The Kier molecular flexibility index (Phi) is 5.58. The number of hydrogen-bond donors (Lipinski definition) is 1. The molecular weight excluding hydrogens is 269 g/mol. The molecule has 1 N–H and O–H groups in total. The van der Waals surface area contributed by atoms with Crippen LogP contribution in [0.15, 0.2) is 60.4 Å². The van der Waals surface area contributed by atoms with E-state index in [-0.39, 0.29) is 12.4 Å². The fourth-order valence-corrected chi connectivity index (χ4v) is 1.37. The molecule has 108 valence electrons. The quantitative estimate of drug-likeness (QED) is 0.651. The summed E-state index contributed by atoms with van der Waals surface area (Å²) in [7, 11) is 0. The van der Waals surface area contributed by atoms with Crippen LogP contribution in [0, 0.1) is 0 Å². The Morgan fingerprint density at radius 2 is 2.05 bits per heavy atom. The van der Waals surface area contributed by atoms with Crippen molar-refractivity contribution in [2.24, 2.45) is 0 Å². The van der Waals surface area contributed by atoms with E-state index in [0.29, 0.717) is 11.3 Å². The zero-order valence-electron chi connectivity index (χ0n) is 10.9. The molecule has 0 amide bonds. The molecule has 0 radical (unpaired) electrons. The molecule has 0 aromatic heterocycles. The maximum Gasteiger partial charge on any atom is 0.416 e. The van der Waals surface area contributed by atoms with Crippen LogP contribution in [0.5, 0.6) is 5.75 Å². The summed E-state index contributed by atoms with van der Waals surface area (Å²) in [5.74, 6) is 0.503. The highest BCUT2D eigenvalue weighted by Gasteiger charge is 2.30. The van der Waals surface area contributed by atoms with Crippen LogP contribution < -0.4 is 4.74 Å². The minimum Gasteiger partial charge on any atom is -0.462 e. The highest BCUT2D eigenvalue weighted by atomic mass is 19.4. The van der Waals surface area contributed by atoms with E-state index in [1.807, 2.05) is 0 Å². The molecule has 0 aliphatic carbocycles. The standard InChI is InChI=1S/C15H15F3O2/c1-3-12(10-19)8-7-11(2)20-14-6-4-5-13(9-14)15(16,17)18/h3-9,19H,1,10H2,2H3. The van der Waals surface area contributed by atoms with E-state index in [1.54, 1.807) is 19.1 Å². The van der Waals surface area contributed by atoms with Crippen LogP contribution in [0.1, 0.15) is 12.5 Å². The maximum absolute atomic E-state index is 12.5. The minimum atomic E-state index is -4.40. The van der Waals surface area contributed by atoms with Gasteiger partial charge in [0.2, 0.25) is 0 Å². The number of benzene rings is 1. The molecular formula is C15H15F3O2. The zero-order chi connectivity index (χ0) is 15.2. The first-order valence-electron chi connectivity index (χ1n) is 5.82. The van der Waals surface area contributed by atoms with E-state index in [1.165, 1.54) is 18.2 Å². The lowest BCUT2D eigenvalue weighted by Gasteiger charge is -2.10. The van der Waals surface area contributed by atoms with E-state index in [9.17, 15) is 13.2 Å². The van der Waals surface area contributed by atoms with E-state index >= 15 is 0 Å². The minimum absolute atomic E-state index is 0.103.